The van der Waals surface area contributed by atoms with Crippen LogP contribution in [0, 0.1) is 0 Å². The van der Waals surface area contributed by atoms with Gasteiger partial charge >= 0.3 is 5.97 Å². The molecule has 0 bridgehead atoms. The van der Waals surface area contributed by atoms with E-state index in [1.807, 2.05) is 0 Å². The normalized spacial score (nSPS) is 12.8. The molecular weight excluding hydrogens is 398 g/mol. The number of benzene rings is 2. The lowest BCUT2D eigenvalue weighted by Gasteiger charge is -2.18. The van der Waals surface area contributed by atoms with E-state index in [1.54, 1.807) is 26.0 Å². The Labute approximate surface area is 169 Å². The Bertz CT molecular complexity index is 1030. The molecule has 1 heterocycles. The molecular formula is C20H21NO7S. The number of fused-ring (bicyclic) bond motifs is 1. The predicted molar refractivity (Wildman–Crippen MR) is 104 cm³/mol. The summed E-state index contributed by atoms with van der Waals surface area (Å²) in [5.74, 6) is -0.194. The summed E-state index contributed by atoms with van der Waals surface area (Å²) in [4.78, 5) is 24.6. The minimum Gasteiger partial charge on any atom is -0.454 e. The number of carbonyl (C=O) groups excluding carboxylic acids is 2. The number of Topliss-reactive ketones (excluding diaryl/α,β-unsaturated/α-hetero) is 1. The second kappa shape index (κ2) is 8.62. The lowest BCUT2D eigenvalue weighted by atomic mass is 10.1. The first-order valence-electron chi connectivity index (χ1n) is 9.07. The van der Waals surface area contributed by atoms with Crippen LogP contribution in [0.4, 0.5) is 0 Å². The van der Waals surface area contributed by atoms with Gasteiger partial charge in [0.2, 0.25) is 16.8 Å². The van der Waals surface area contributed by atoms with E-state index in [0.717, 1.165) is 0 Å². The van der Waals surface area contributed by atoms with Gasteiger partial charge in [-0.15, -0.1) is 0 Å². The summed E-state index contributed by atoms with van der Waals surface area (Å²) in [6, 6.07) is 10.3. The van der Waals surface area contributed by atoms with Gasteiger partial charge in [0.1, 0.15) is 0 Å². The molecule has 0 N–H and O–H groups in total. The Morgan fingerprint density at radius 1 is 1.00 bits per heavy atom. The van der Waals surface area contributed by atoms with Gasteiger partial charge in [0, 0.05) is 18.7 Å². The lowest BCUT2D eigenvalue weighted by molar-refractivity contribution is 0.0474. The summed E-state index contributed by atoms with van der Waals surface area (Å²) < 4.78 is 42.0. The van der Waals surface area contributed by atoms with Crippen LogP contribution in [0.3, 0.4) is 0 Å². The number of ether oxygens (including phenoxy) is 3. The molecule has 0 radical (unpaired) electrons. The molecule has 0 saturated carbocycles. The van der Waals surface area contributed by atoms with Crippen molar-refractivity contribution in [2.24, 2.45) is 0 Å². The summed E-state index contributed by atoms with van der Waals surface area (Å²) in [5.41, 5.74) is 0.372. The minimum absolute atomic E-state index is 0.00209. The van der Waals surface area contributed by atoms with Crippen LogP contribution in [0.25, 0.3) is 0 Å². The average molecular weight is 419 g/mol. The van der Waals surface area contributed by atoms with Crippen LogP contribution >= 0.6 is 0 Å². The number of esters is 1. The molecule has 3 rings (SSSR count). The molecule has 29 heavy (non-hydrogen) atoms. The first-order valence-corrected chi connectivity index (χ1v) is 10.5. The SMILES string of the molecule is CCN(CC)S(=O)(=O)c1cccc(C(=O)OCC(=O)c2ccc3c(c2)OCO3)c1. The van der Waals surface area contributed by atoms with Crippen LogP contribution in [0.2, 0.25) is 0 Å². The first kappa shape index (κ1) is 20.8. The maximum absolute atomic E-state index is 12.6. The molecule has 2 aromatic carbocycles. The number of nitrogens with zero attached hydrogens (tertiary/aromatic N) is 1. The van der Waals surface area contributed by atoms with E-state index in [1.165, 1.54) is 34.6 Å². The van der Waals surface area contributed by atoms with Crippen molar-refractivity contribution in [1.29, 1.82) is 0 Å². The quantitative estimate of drug-likeness (QED) is 0.479. The number of ketones is 1. The number of sulfonamides is 1. The zero-order chi connectivity index (χ0) is 21.0. The minimum atomic E-state index is -3.70. The fourth-order valence-electron chi connectivity index (χ4n) is 2.86. The molecule has 0 fully saturated rings. The van der Waals surface area contributed by atoms with Crippen molar-refractivity contribution in [1.82, 2.24) is 4.31 Å². The second-order valence-corrected chi connectivity index (χ2v) is 8.12. The standard InChI is InChI=1S/C20H21NO7S/c1-3-21(4-2)29(24,25)16-7-5-6-15(10-16)20(23)26-12-17(22)14-8-9-18-19(11-14)28-13-27-18/h5-11H,3-4,12-13H2,1-2H3. The van der Waals surface area contributed by atoms with Crippen molar-refractivity contribution >= 4 is 21.8 Å². The van der Waals surface area contributed by atoms with Gasteiger partial charge in [-0.3, -0.25) is 4.79 Å². The van der Waals surface area contributed by atoms with Crippen LogP contribution < -0.4 is 9.47 Å². The molecule has 0 spiro atoms. The van der Waals surface area contributed by atoms with E-state index < -0.39 is 28.4 Å². The van der Waals surface area contributed by atoms with Crippen molar-refractivity contribution in [2.75, 3.05) is 26.5 Å². The maximum Gasteiger partial charge on any atom is 0.338 e. The third kappa shape index (κ3) is 4.41. The van der Waals surface area contributed by atoms with Gasteiger partial charge in [0.05, 0.1) is 10.5 Å². The highest BCUT2D eigenvalue weighted by atomic mass is 32.2. The molecule has 1 aliphatic heterocycles. The zero-order valence-corrected chi connectivity index (χ0v) is 16.9. The molecule has 2 aromatic rings. The molecule has 0 amide bonds. The van der Waals surface area contributed by atoms with Crippen molar-refractivity contribution in [3.8, 4) is 11.5 Å². The Morgan fingerprint density at radius 2 is 1.72 bits per heavy atom. The van der Waals surface area contributed by atoms with E-state index >= 15 is 0 Å². The van der Waals surface area contributed by atoms with Crippen LogP contribution in [0.5, 0.6) is 11.5 Å². The van der Waals surface area contributed by atoms with E-state index in [2.05, 4.69) is 0 Å². The highest BCUT2D eigenvalue weighted by molar-refractivity contribution is 7.89. The summed E-state index contributed by atoms with van der Waals surface area (Å²) in [6.07, 6.45) is 0. The van der Waals surface area contributed by atoms with Crippen LogP contribution in [0.1, 0.15) is 34.6 Å². The monoisotopic (exact) mass is 419 g/mol. The average Bonchev–Trinajstić information content (AvgIpc) is 3.20. The van der Waals surface area contributed by atoms with Crippen LogP contribution in [-0.2, 0) is 14.8 Å². The van der Waals surface area contributed by atoms with Gasteiger partial charge in [-0.2, -0.15) is 4.31 Å². The Hall–Kier alpha value is -2.91. The Kier molecular flexibility index (Phi) is 6.19. The summed E-state index contributed by atoms with van der Waals surface area (Å²) >= 11 is 0. The fourth-order valence-corrected chi connectivity index (χ4v) is 4.37. The predicted octanol–water partition coefficient (Wildman–Crippen LogP) is 2.49. The smallest absolute Gasteiger partial charge is 0.338 e. The molecule has 9 heteroatoms. The van der Waals surface area contributed by atoms with Gasteiger partial charge in [-0.25, -0.2) is 13.2 Å². The zero-order valence-electron chi connectivity index (χ0n) is 16.1. The van der Waals surface area contributed by atoms with Gasteiger partial charge < -0.3 is 14.2 Å². The van der Waals surface area contributed by atoms with Gasteiger partial charge in [-0.1, -0.05) is 19.9 Å². The summed E-state index contributed by atoms with van der Waals surface area (Å²) in [6.45, 7) is 3.72. The highest BCUT2D eigenvalue weighted by Gasteiger charge is 2.23. The number of hydrogen-bond acceptors (Lipinski definition) is 7. The molecule has 0 atom stereocenters. The maximum atomic E-state index is 12.6. The lowest BCUT2D eigenvalue weighted by Crippen LogP contribution is -2.30. The third-order valence-corrected chi connectivity index (χ3v) is 6.49. The topological polar surface area (TPSA) is 99.2 Å². The first-order chi connectivity index (χ1) is 13.9. The van der Waals surface area contributed by atoms with Gasteiger partial charge in [0.25, 0.3) is 0 Å². The van der Waals surface area contributed by atoms with Crippen molar-refractivity contribution in [2.45, 2.75) is 18.7 Å². The van der Waals surface area contributed by atoms with E-state index in [0.29, 0.717) is 30.2 Å². The fraction of sp³-hybridized carbons (Fsp3) is 0.300. The molecule has 0 aliphatic carbocycles. The van der Waals surface area contributed by atoms with Gasteiger partial charge in [0.15, 0.2) is 23.9 Å². The van der Waals surface area contributed by atoms with Crippen LogP contribution in [0.15, 0.2) is 47.4 Å². The van der Waals surface area contributed by atoms with E-state index in [9.17, 15) is 18.0 Å². The number of rotatable bonds is 8. The Balaban J connectivity index is 1.69. The van der Waals surface area contributed by atoms with E-state index in [4.69, 9.17) is 14.2 Å². The van der Waals surface area contributed by atoms with Crippen molar-refractivity contribution < 1.29 is 32.2 Å². The molecule has 0 saturated heterocycles. The largest absolute Gasteiger partial charge is 0.454 e. The number of hydrogen-bond donors (Lipinski definition) is 0. The highest BCUT2D eigenvalue weighted by Crippen LogP contribution is 2.32. The second-order valence-electron chi connectivity index (χ2n) is 6.18. The summed E-state index contributed by atoms with van der Waals surface area (Å²) in [7, 11) is -3.70. The molecule has 1 aliphatic rings. The third-order valence-electron chi connectivity index (χ3n) is 4.44. The van der Waals surface area contributed by atoms with Gasteiger partial charge in [-0.05, 0) is 36.4 Å². The summed E-state index contributed by atoms with van der Waals surface area (Å²) in [5, 5.41) is 0. The Morgan fingerprint density at radius 3 is 2.45 bits per heavy atom. The number of carbonyl (C=O) groups is 2. The molecule has 0 aromatic heterocycles. The van der Waals surface area contributed by atoms with Crippen molar-refractivity contribution in [3.63, 3.8) is 0 Å². The van der Waals surface area contributed by atoms with Crippen molar-refractivity contribution in [3.05, 3.63) is 53.6 Å². The van der Waals surface area contributed by atoms with E-state index in [-0.39, 0.29) is 17.3 Å². The molecule has 0 unspecified atom stereocenters. The van der Waals surface area contributed by atoms with Crippen LogP contribution in [-0.4, -0.2) is 51.0 Å². The molecule has 154 valence electrons. The molecule has 8 nitrogen and oxygen atoms in total.